The minimum atomic E-state index is -1.07. The van der Waals surface area contributed by atoms with E-state index in [2.05, 4.69) is 32.1 Å². The van der Waals surface area contributed by atoms with Crippen LogP contribution >= 0.6 is 27.3 Å². The van der Waals surface area contributed by atoms with E-state index in [1.807, 2.05) is 29.6 Å². The maximum absolute atomic E-state index is 11.0. The smallest absolute Gasteiger partial charge is 0.258 e. The molecule has 2 heterocycles. The number of fused-ring (bicyclic) bond motifs is 1. The van der Waals surface area contributed by atoms with Crippen LogP contribution in [0.3, 0.4) is 0 Å². The van der Waals surface area contributed by atoms with Gasteiger partial charge in [-0.25, -0.2) is 0 Å². The predicted molar refractivity (Wildman–Crippen MR) is 91.5 cm³/mol. The van der Waals surface area contributed by atoms with Gasteiger partial charge < -0.3 is 9.63 Å². The highest BCUT2D eigenvalue weighted by molar-refractivity contribution is 9.10. The molecule has 0 saturated heterocycles. The molecule has 0 fully saturated rings. The summed E-state index contributed by atoms with van der Waals surface area (Å²) in [5.74, 6) is 0.954. The minimum absolute atomic E-state index is 0.331. The van der Waals surface area contributed by atoms with Gasteiger partial charge >= 0.3 is 0 Å². The van der Waals surface area contributed by atoms with E-state index in [-0.39, 0.29) is 0 Å². The van der Waals surface area contributed by atoms with Crippen LogP contribution in [0.15, 0.2) is 44.7 Å². The second-order valence-electron chi connectivity index (χ2n) is 5.89. The van der Waals surface area contributed by atoms with Gasteiger partial charge in [-0.15, -0.1) is 11.3 Å². The Morgan fingerprint density at radius 2 is 2.22 bits per heavy atom. The zero-order valence-corrected chi connectivity index (χ0v) is 14.7. The van der Waals surface area contributed by atoms with Gasteiger partial charge in [-0.3, -0.25) is 0 Å². The van der Waals surface area contributed by atoms with Crippen LogP contribution in [0, 0.1) is 0 Å². The average Bonchev–Trinajstić information content (AvgIpc) is 3.20. The van der Waals surface area contributed by atoms with E-state index in [1.54, 1.807) is 11.3 Å². The lowest BCUT2D eigenvalue weighted by molar-refractivity contribution is -0.00861. The van der Waals surface area contributed by atoms with E-state index in [0.29, 0.717) is 31.0 Å². The number of hydrogen-bond donors (Lipinski definition) is 1. The Kier molecular flexibility index (Phi) is 3.83. The summed E-state index contributed by atoms with van der Waals surface area (Å²) in [5, 5.41) is 17.1. The molecule has 0 saturated carbocycles. The van der Waals surface area contributed by atoms with Crippen molar-refractivity contribution in [3.05, 3.63) is 67.9 Å². The molecule has 118 valence electrons. The molecule has 0 spiro atoms. The van der Waals surface area contributed by atoms with Crippen LogP contribution in [0.25, 0.3) is 0 Å². The van der Waals surface area contributed by atoms with E-state index in [9.17, 15) is 5.11 Å². The first kappa shape index (κ1) is 15.1. The first-order valence-corrected chi connectivity index (χ1v) is 9.15. The van der Waals surface area contributed by atoms with Gasteiger partial charge in [0.25, 0.3) is 5.89 Å². The third kappa shape index (κ3) is 2.98. The first-order valence-electron chi connectivity index (χ1n) is 7.47. The lowest BCUT2D eigenvalue weighted by atomic mass is 9.80. The molecule has 1 N–H and O–H groups in total. The second-order valence-corrected chi connectivity index (χ2v) is 7.84. The van der Waals surface area contributed by atoms with Gasteiger partial charge in [-0.05, 0) is 47.5 Å². The van der Waals surface area contributed by atoms with Gasteiger partial charge in [0.05, 0.1) is 0 Å². The van der Waals surface area contributed by atoms with Gasteiger partial charge in [0.1, 0.15) is 5.60 Å². The van der Waals surface area contributed by atoms with Crippen LogP contribution < -0.4 is 0 Å². The van der Waals surface area contributed by atoms with Crippen molar-refractivity contribution < 1.29 is 9.63 Å². The van der Waals surface area contributed by atoms with Crippen LogP contribution in [0.2, 0.25) is 0 Å². The fourth-order valence-electron chi connectivity index (χ4n) is 3.01. The van der Waals surface area contributed by atoms with E-state index in [4.69, 9.17) is 4.52 Å². The van der Waals surface area contributed by atoms with Gasteiger partial charge in [0.2, 0.25) is 0 Å². The number of rotatable bonds is 3. The number of halogens is 1. The Morgan fingerprint density at radius 1 is 1.30 bits per heavy atom. The summed E-state index contributed by atoms with van der Waals surface area (Å²) >= 11 is 5.16. The van der Waals surface area contributed by atoms with Crippen LogP contribution in [-0.2, 0) is 24.9 Å². The Hall–Kier alpha value is -1.50. The van der Waals surface area contributed by atoms with Crippen molar-refractivity contribution in [3.8, 4) is 0 Å². The normalized spacial score (nSPS) is 20.4. The summed E-state index contributed by atoms with van der Waals surface area (Å²) in [6, 6.07) is 10.2. The Morgan fingerprint density at radius 3 is 3.04 bits per heavy atom. The fourth-order valence-corrected chi connectivity index (χ4v) is 4.12. The molecule has 23 heavy (non-hydrogen) atoms. The quantitative estimate of drug-likeness (QED) is 0.737. The van der Waals surface area contributed by atoms with Crippen molar-refractivity contribution in [2.24, 2.45) is 0 Å². The number of aryl methyl sites for hydroxylation is 1. The maximum atomic E-state index is 11.0. The van der Waals surface area contributed by atoms with Crippen molar-refractivity contribution in [3.63, 3.8) is 0 Å². The monoisotopic (exact) mass is 390 g/mol. The molecule has 4 rings (SSSR count). The Balaban J connectivity index is 1.58. The van der Waals surface area contributed by atoms with E-state index < -0.39 is 5.60 Å². The standard InChI is InChI=1S/C17H15BrN2O2S/c18-13-4-3-12-10-17(21,6-5-11(12)8-13)16-19-15(20-22-16)9-14-2-1-7-23-14/h1-4,7-8,21H,5-6,9-10H2. The summed E-state index contributed by atoms with van der Waals surface area (Å²) < 4.78 is 6.45. The molecule has 1 aliphatic carbocycles. The first-order chi connectivity index (χ1) is 11.1. The number of benzene rings is 1. The Labute approximate surface area is 146 Å². The van der Waals surface area contributed by atoms with E-state index in [0.717, 1.165) is 16.5 Å². The van der Waals surface area contributed by atoms with E-state index in [1.165, 1.54) is 10.4 Å². The lowest BCUT2D eigenvalue weighted by Crippen LogP contribution is -2.33. The highest BCUT2D eigenvalue weighted by Crippen LogP contribution is 2.36. The third-order valence-electron chi connectivity index (χ3n) is 4.24. The summed E-state index contributed by atoms with van der Waals surface area (Å²) in [6.45, 7) is 0. The van der Waals surface area contributed by atoms with Gasteiger partial charge in [0, 0.05) is 22.2 Å². The molecule has 0 aliphatic heterocycles. The Bertz CT molecular complexity index is 831. The number of thiophene rings is 1. The second kappa shape index (κ2) is 5.85. The highest BCUT2D eigenvalue weighted by atomic mass is 79.9. The molecule has 0 bridgehead atoms. The molecule has 1 atom stereocenters. The van der Waals surface area contributed by atoms with Crippen LogP contribution in [0.1, 0.15) is 34.1 Å². The molecule has 3 aromatic rings. The predicted octanol–water partition coefficient (Wildman–Crippen LogP) is 3.86. The van der Waals surface area contributed by atoms with Crippen LogP contribution in [0.4, 0.5) is 0 Å². The topological polar surface area (TPSA) is 59.2 Å². The summed E-state index contributed by atoms with van der Waals surface area (Å²) in [4.78, 5) is 5.62. The SMILES string of the molecule is OC1(c2nc(Cc3cccs3)no2)CCc2cc(Br)ccc2C1. The third-order valence-corrected chi connectivity index (χ3v) is 5.61. The number of nitrogens with zero attached hydrogens (tertiary/aromatic N) is 2. The minimum Gasteiger partial charge on any atom is -0.380 e. The van der Waals surface area contributed by atoms with Crippen molar-refractivity contribution in [2.75, 3.05) is 0 Å². The molecule has 4 nitrogen and oxygen atoms in total. The van der Waals surface area contributed by atoms with Gasteiger partial charge in [0.15, 0.2) is 5.82 Å². The van der Waals surface area contributed by atoms with Crippen LogP contribution in [0.5, 0.6) is 0 Å². The number of aromatic nitrogens is 2. The van der Waals surface area contributed by atoms with Gasteiger partial charge in [-0.1, -0.05) is 33.2 Å². The molecular formula is C17H15BrN2O2S. The molecule has 1 aromatic carbocycles. The molecule has 0 radical (unpaired) electrons. The maximum Gasteiger partial charge on any atom is 0.258 e. The molecule has 2 aromatic heterocycles. The molecule has 1 unspecified atom stereocenters. The van der Waals surface area contributed by atoms with E-state index >= 15 is 0 Å². The van der Waals surface area contributed by atoms with Crippen molar-refractivity contribution in [2.45, 2.75) is 31.3 Å². The van der Waals surface area contributed by atoms with Crippen molar-refractivity contribution >= 4 is 27.3 Å². The summed E-state index contributed by atoms with van der Waals surface area (Å²) in [6.07, 6.45) is 2.54. The number of aliphatic hydroxyl groups is 1. The number of hydrogen-bond acceptors (Lipinski definition) is 5. The summed E-state index contributed by atoms with van der Waals surface area (Å²) in [5.41, 5.74) is 1.34. The zero-order chi connectivity index (χ0) is 15.9. The summed E-state index contributed by atoms with van der Waals surface area (Å²) in [7, 11) is 0. The molecule has 1 aliphatic rings. The zero-order valence-electron chi connectivity index (χ0n) is 12.3. The average molecular weight is 391 g/mol. The largest absolute Gasteiger partial charge is 0.380 e. The molecule has 6 heteroatoms. The fraction of sp³-hybridized carbons (Fsp3) is 0.294. The van der Waals surface area contributed by atoms with Crippen molar-refractivity contribution in [1.82, 2.24) is 10.1 Å². The van der Waals surface area contributed by atoms with Crippen LogP contribution in [-0.4, -0.2) is 15.2 Å². The van der Waals surface area contributed by atoms with Crippen molar-refractivity contribution in [1.29, 1.82) is 0 Å². The van der Waals surface area contributed by atoms with Gasteiger partial charge in [-0.2, -0.15) is 4.98 Å². The highest BCUT2D eigenvalue weighted by Gasteiger charge is 2.39. The molecular weight excluding hydrogens is 376 g/mol. The molecule has 0 amide bonds. The lowest BCUT2D eigenvalue weighted by Gasteiger charge is -2.30.